The van der Waals surface area contributed by atoms with E-state index in [1.807, 2.05) is 0 Å². The molecule has 1 aliphatic carbocycles. The van der Waals surface area contributed by atoms with E-state index in [-0.39, 0.29) is 5.92 Å². The van der Waals surface area contributed by atoms with Crippen LogP contribution in [0.15, 0.2) is 18.2 Å². The minimum Gasteiger partial charge on any atom is -0.392 e. The second kappa shape index (κ2) is 4.27. The highest BCUT2D eigenvalue weighted by atomic mass is 19.1. The van der Waals surface area contributed by atoms with Gasteiger partial charge in [0.05, 0.1) is 6.10 Å². The highest BCUT2D eigenvalue weighted by molar-refractivity contribution is 5.24. The molecule has 0 radical (unpaired) electrons. The summed E-state index contributed by atoms with van der Waals surface area (Å²) < 4.78 is 26.4. The van der Waals surface area contributed by atoms with Crippen LogP contribution in [0.5, 0.6) is 0 Å². The van der Waals surface area contributed by atoms with E-state index in [1.54, 1.807) is 0 Å². The lowest BCUT2D eigenvalue weighted by Crippen LogP contribution is -2.23. The van der Waals surface area contributed by atoms with Crippen LogP contribution < -0.4 is 0 Å². The van der Waals surface area contributed by atoms with Crippen LogP contribution in [0.2, 0.25) is 0 Å². The smallest absolute Gasteiger partial charge is 0.126 e. The SMILES string of the molecule is OC1CCCCC1c1cc(F)ccc1F. The average Bonchev–Trinajstić information content (AvgIpc) is 2.23. The lowest BCUT2D eigenvalue weighted by Gasteiger charge is -2.28. The summed E-state index contributed by atoms with van der Waals surface area (Å²) in [4.78, 5) is 0. The Hall–Kier alpha value is -0.960. The molecule has 1 saturated carbocycles. The number of aliphatic hydroxyl groups excluding tert-OH is 1. The third-order valence-corrected chi connectivity index (χ3v) is 3.09. The molecule has 0 bridgehead atoms. The summed E-state index contributed by atoms with van der Waals surface area (Å²) in [5.41, 5.74) is 0.321. The van der Waals surface area contributed by atoms with Crippen molar-refractivity contribution in [1.82, 2.24) is 0 Å². The molecule has 0 aromatic heterocycles. The standard InChI is InChI=1S/C12H14F2O/c13-8-5-6-11(14)10(7-8)9-3-1-2-4-12(9)15/h5-7,9,12,15H,1-4H2. The summed E-state index contributed by atoms with van der Waals surface area (Å²) >= 11 is 0. The first-order valence-electron chi connectivity index (χ1n) is 5.31. The monoisotopic (exact) mass is 212 g/mol. The summed E-state index contributed by atoms with van der Waals surface area (Å²) in [7, 11) is 0. The van der Waals surface area contributed by atoms with Gasteiger partial charge in [-0.05, 0) is 36.6 Å². The van der Waals surface area contributed by atoms with E-state index in [9.17, 15) is 13.9 Å². The van der Waals surface area contributed by atoms with Gasteiger partial charge in [0.15, 0.2) is 0 Å². The Kier molecular flexibility index (Phi) is 3.00. The molecule has 2 atom stereocenters. The summed E-state index contributed by atoms with van der Waals surface area (Å²) in [6, 6.07) is 3.44. The number of hydrogen-bond donors (Lipinski definition) is 1. The minimum absolute atomic E-state index is 0.241. The molecule has 1 aromatic rings. The first kappa shape index (κ1) is 10.6. The van der Waals surface area contributed by atoms with E-state index in [4.69, 9.17) is 0 Å². The molecule has 1 aliphatic rings. The molecule has 0 spiro atoms. The fourth-order valence-corrected chi connectivity index (χ4v) is 2.27. The molecule has 1 fully saturated rings. The Bertz CT molecular complexity index is 351. The van der Waals surface area contributed by atoms with Gasteiger partial charge < -0.3 is 5.11 Å². The Labute approximate surface area is 87.7 Å². The molecular weight excluding hydrogens is 198 g/mol. The number of halogens is 2. The molecule has 2 rings (SSSR count). The third kappa shape index (κ3) is 2.17. The van der Waals surface area contributed by atoms with Crippen molar-refractivity contribution in [3.05, 3.63) is 35.4 Å². The van der Waals surface area contributed by atoms with Gasteiger partial charge in [-0.25, -0.2) is 8.78 Å². The van der Waals surface area contributed by atoms with Crippen LogP contribution in [0.4, 0.5) is 8.78 Å². The van der Waals surface area contributed by atoms with Gasteiger partial charge in [0.1, 0.15) is 11.6 Å². The largest absolute Gasteiger partial charge is 0.392 e. The summed E-state index contributed by atoms with van der Waals surface area (Å²) in [5, 5.41) is 9.75. The topological polar surface area (TPSA) is 20.2 Å². The van der Waals surface area contributed by atoms with Crippen molar-refractivity contribution in [1.29, 1.82) is 0 Å². The fraction of sp³-hybridized carbons (Fsp3) is 0.500. The lowest BCUT2D eigenvalue weighted by molar-refractivity contribution is 0.104. The lowest BCUT2D eigenvalue weighted by atomic mass is 9.81. The Morgan fingerprint density at radius 2 is 1.87 bits per heavy atom. The maximum Gasteiger partial charge on any atom is 0.126 e. The third-order valence-electron chi connectivity index (χ3n) is 3.09. The average molecular weight is 212 g/mol. The predicted octanol–water partition coefficient (Wildman–Crippen LogP) is 2.98. The molecule has 0 amide bonds. The first-order valence-corrected chi connectivity index (χ1v) is 5.31. The number of aliphatic hydroxyl groups is 1. The van der Waals surface area contributed by atoms with Crippen LogP contribution in [0.25, 0.3) is 0 Å². The Morgan fingerprint density at radius 1 is 1.13 bits per heavy atom. The van der Waals surface area contributed by atoms with Crippen LogP contribution >= 0.6 is 0 Å². The van der Waals surface area contributed by atoms with Gasteiger partial charge in [-0.15, -0.1) is 0 Å². The van der Waals surface area contributed by atoms with Crippen LogP contribution in [0, 0.1) is 11.6 Å². The molecule has 1 nitrogen and oxygen atoms in total. The van der Waals surface area contributed by atoms with E-state index in [1.165, 1.54) is 6.07 Å². The van der Waals surface area contributed by atoms with E-state index >= 15 is 0 Å². The van der Waals surface area contributed by atoms with Crippen LogP contribution in [0.3, 0.4) is 0 Å². The summed E-state index contributed by atoms with van der Waals surface area (Å²) in [5.74, 6) is -1.10. The molecule has 0 heterocycles. The van der Waals surface area contributed by atoms with Crippen molar-refractivity contribution >= 4 is 0 Å². The maximum absolute atomic E-state index is 13.4. The zero-order chi connectivity index (χ0) is 10.8. The van der Waals surface area contributed by atoms with E-state index in [0.717, 1.165) is 31.4 Å². The molecule has 0 aliphatic heterocycles. The summed E-state index contributed by atoms with van der Waals surface area (Å²) in [6.07, 6.45) is 2.82. The van der Waals surface area contributed by atoms with Gasteiger partial charge in [-0.2, -0.15) is 0 Å². The van der Waals surface area contributed by atoms with Gasteiger partial charge in [-0.1, -0.05) is 12.8 Å². The van der Waals surface area contributed by atoms with Crippen molar-refractivity contribution in [3.8, 4) is 0 Å². The number of benzene rings is 1. The summed E-state index contributed by atoms with van der Waals surface area (Å²) in [6.45, 7) is 0. The maximum atomic E-state index is 13.4. The van der Waals surface area contributed by atoms with Gasteiger partial charge in [-0.3, -0.25) is 0 Å². The van der Waals surface area contributed by atoms with Gasteiger partial charge in [0.2, 0.25) is 0 Å². The fourth-order valence-electron chi connectivity index (χ4n) is 2.27. The molecule has 82 valence electrons. The normalized spacial score (nSPS) is 26.6. The molecular formula is C12H14F2O. The minimum atomic E-state index is -0.532. The zero-order valence-electron chi connectivity index (χ0n) is 8.42. The number of hydrogen-bond acceptors (Lipinski definition) is 1. The van der Waals surface area contributed by atoms with Crippen molar-refractivity contribution in [2.24, 2.45) is 0 Å². The Morgan fingerprint density at radius 3 is 2.60 bits per heavy atom. The molecule has 1 N–H and O–H groups in total. The van der Waals surface area contributed by atoms with E-state index < -0.39 is 17.7 Å². The quantitative estimate of drug-likeness (QED) is 0.758. The van der Waals surface area contributed by atoms with Crippen molar-refractivity contribution < 1.29 is 13.9 Å². The van der Waals surface area contributed by atoms with E-state index in [0.29, 0.717) is 12.0 Å². The van der Waals surface area contributed by atoms with Crippen LogP contribution in [-0.4, -0.2) is 11.2 Å². The highest BCUT2D eigenvalue weighted by Crippen LogP contribution is 2.34. The van der Waals surface area contributed by atoms with Crippen LogP contribution in [0.1, 0.15) is 37.2 Å². The first-order chi connectivity index (χ1) is 7.18. The van der Waals surface area contributed by atoms with Gasteiger partial charge >= 0.3 is 0 Å². The van der Waals surface area contributed by atoms with Gasteiger partial charge in [0.25, 0.3) is 0 Å². The van der Waals surface area contributed by atoms with Crippen LogP contribution in [-0.2, 0) is 0 Å². The highest BCUT2D eigenvalue weighted by Gasteiger charge is 2.26. The van der Waals surface area contributed by atoms with Gasteiger partial charge in [0, 0.05) is 5.92 Å². The molecule has 0 saturated heterocycles. The second-order valence-electron chi connectivity index (χ2n) is 4.12. The predicted molar refractivity (Wildman–Crippen MR) is 53.6 cm³/mol. The van der Waals surface area contributed by atoms with Crippen molar-refractivity contribution in [2.75, 3.05) is 0 Å². The molecule has 15 heavy (non-hydrogen) atoms. The van der Waals surface area contributed by atoms with E-state index in [2.05, 4.69) is 0 Å². The molecule has 1 aromatic carbocycles. The van der Waals surface area contributed by atoms with Crippen molar-refractivity contribution in [3.63, 3.8) is 0 Å². The molecule has 3 heteroatoms. The number of rotatable bonds is 1. The second-order valence-corrected chi connectivity index (χ2v) is 4.12. The zero-order valence-corrected chi connectivity index (χ0v) is 8.42. The Balaban J connectivity index is 2.30. The van der Waals surface area contributed by atoms with Crippen molar-refractivity contribution in [2.45, 2.75) is 37.7 Å². The molecule has 2 unspecified atom stereocenters.